The highest BCUT2D eigenvalue weighted by atomic mass is 16.6. The van der Waals surface area contributed by atoms with E-state index in [2.05, 4.69) is 5.32 Å². The summed E-state index contributed by atoms with van der Waals surface area (Å²) in [5, 5.41) is 14.6. The number of amides is 1. The van der Waals surface area contributed by atoms with E-state index in [9.17, 15) is 24.5 Å². The van der Waals surface area contributed by atoms with Crippen molar-refractivity contribution in [3.8, 4) is 5.75 Å². The SMILES string of the molecule is COc1ccc(C(=O)C2C(C(=O)c3cccc([N+](=O)[O-])c3)N3C=Cc4ccccc4C3C23C(=O)Nc2ccccc23)cc1. The van der Waals surface area contributed by atoms with Crippen molar-refractivity contribution in [2.24, 2.45) is 5.92 Å². The van der Waals surface area contributed by atoms with Crippen molar-refractivity contribution in [3.05, 3.63) is 141 Å². The Morgan fingerprint density at radius 1 is 0.907 bits per heavy atom. The van der Waals surface area contributed by atoms with Gasteiger partial charge in [-0.15, -0.1) is 0 Å². The summed E-state index contributed by atoms with van der Waals surface area (Å²) in [5.74, 6) is -1.88. The van der Waals surface area contributed by atoms with Crippen LogP contribution in [0.25, 0.3) is 6.08 Å². The third kappa shape index (κ3) is 3.74. The van der Waals surface area contributed by atoms with Crippen LogP contribution < -0.4 is 10.1 Å². The van der Waals surface area contributed by atoms with Crippen molar-refractivity contribution in [3.63, 3.8) is 0 Å². The Bertz CT molecular complexity index is 1870. The number of carbonyl (C=O) groups excluding carboxylic acids is 3. The first kappa shape index (κ1) is 26.3. The molecule has 3 heterocycles. The van der Waals surface area contributed by atoms with E-state index >= 15 is 0 Å². The Morgan fingerprint density at radius 3 is 2.42 bits per heavy atom. The number of nitrogens with zero attached hydrogens (tertiary/aromatic N) is 2. The summed E-state index contributed by atoms with van der Waals surface area (Å²) in [6.07, 6.45) is 3.64. The maximum Gasteiger partial charge on any atom is 0.270 e. The van der Waals surface area contributed by atoms with Gasteiger partial charge >= 0.3 is 0 Å². The molecule has 0 radical (unpaired) electrons. The number of carbonyl (C=O) groups is 3. The highest BCUT2D eigenvalue weighted by molar-refractivity contribution is 6.16. The lowest BCUT2D eigenvalue weighted by molar-refractivity contribution is -0.384. The topological polar surface area (TPSA) is 119 Å². The van der Waals surface area contributed by atoms with Gasteiger partial charge in [-0.25, -0.2) is 0 Å². The zero-order chi connectivity index (χ0) is 29.9. The first-order valence-electron chi connectivity index (χ1n) is 13.8. The number of non-ortho nitro benzene ring substituents is 1. The molecule has 4 aromatic carbocycles. The maximum absolute atomic E-state index is 14.8. The van der Waals surface area contributed by atoms with E-state index in [0.29, 0.717) is 22.6 Å². The molecule has 3 aliphatic heterocycles. The quantitative estimate of drug-likeness (QED) is 0.182. The molecule has 3 aliphatic rings. The largest absolute Gasteiger partial charge is 0.497 e. The molecule has 1 amide bonds. The molecule has 0 saturated carbocycles. The highest BCUT2D eigenvalue weighted by Crippen LogP contribution is 2.62. The number of para-hydroxylation sites is 1. The summed E-state index contributed by atoms with van der Waals surface area (Å²) < 4.78 is 5.29. The fourth-order valence-corrected chi connectivity index (χ4v) is 7.05. The molecule has 0 aromatic heterocycles. The van der Waals surface area contributed by atoms with Gasteiger partial charge in [-0.05, 0) is 53.1 Å². The van der Waals surface area contributed by atoms with E-state index in [1.54, 1.807) is 41.4 Å². The van der Waals surface area contributed by atoms with E-state index in [0.717, 1.165) is 11.1 Å². The molecule has 4 atom stereocenters. The van der Waals surface area contributed by atoms with Crippen LogP contribution in [0.5, 0.6) is 5.75 Å². The molecular weight excluding hydrogens is 546 g/mol. The summed E-state index contributed by atoms with van der Waals surface area (Å²) in [4.78, 5) is 56.7. The van der Waals surface area contributed by atoms with Crippen LogP contribution in [0.4, 0.5) is 11.4 Å². The van der Waals surface area contributed by atoms with Crippen LogP contribution in [-0.2, 0) is 10.2 Å². The van der Waals surface area contributed by atoms with Crippen LogP contribution in [0.2, 0.25) is 0 Å². The van der Waals surface area contributed by atoms with Gasteiger partial charge in [-0.2, -0.15) is 0 Å². The molecule has 9 nitrogen and oxygen atoms in total. The smallest absolute Gasteiger partial charge is 0.270 e. The third-order valence-corrected chi connectivity index (χ3v) is 8.84. The predicted octanol–water partition coefficient (Wildman–Crippen LogP) is 5.59. The number of ketones is 2. The number of ether oxygens (including phenoxy) is 1. The Morgan fingerprint density at radius 2 is 1.65 bits per heavy atom. The van der Waals surface area contributed by atoms with Gasteiger partial charge in [0.1, 0.15) is 17.2 Å². The molecule has 43 heavy (non-hydrogen) atoms. The zero-order valence-electron chi connectivity index (χ0n) is 23.0. The van der Waals surface area contributed by atoms with E-state index in [1.807, 2.05) is 48.5 Å². The molecular formula is C34H25N3O6. The first-order chi connectivity index (χ1) is 20.9. The minimum Gasteiger partial charge on any atom is -0.497 e. The Balaban J connectivity index is 1.51. The molecule has 1 fully saturated rings. The van der Waals surface area contributed by atoms with Crippen molar-refractivity contribution in [2.45, 2.75) is 17.5 Å². The van der Waals surface area contributed by atoms with Crippen molar-refractivity contribution < 1.29 is 24.0 Å². The molecule has 0 aliphatic carbocycles. The lowest BCUT2D eigenvalue weighted by Gasteiger charge is -2.38. The molecule has 4 aromatic rings. The second kappa shape index (κ2) is 9.77. The van der Waals surface area contributed by atoms with Gasteiger partial charge in [0.25, 0.3) is 5.69 Å². The standard InChI is InChI=1S/C34H25N3O6/c1-43-24-15-13-21(14-16-24)30(38)28-29(31(39)22-8-6-9-23(19-22)37(41)42)36-18-17-20-7-2-3-10-25(20)32(36)34(28)26-11-4-5-12-27(26)35-33(34)40/h2-19,28-29,32H,1H3,(H,35,40). The van der Waals surface area contributed by atoms with Gasteiger partial charge in [0.05, 0.1) is 24.0 Å². The van der Waals surface area contributed by atoms with E-state index in [4.69, 9.17) is 4.74 Å². The number of nitrogens with one attached hydrogen (secondary N) is 1. The lowest BCUT2D eigenvalue weighted by atomic mass is 9.62. The fraction of sp³-hybridized carbons (Fsp3) is 0.147. The van der Waals surface area contributed by atoms with Crippen LogP contribution in [0, 0.1) is 16.0 Å². The third-order valence-electron chi connectivity index (χ3n) is 8.84. The van der Waals surface area contributed by atoms with Gasteiger partial charge in [0, 0.05) is 35.1 Å². The van der Waals surface area contributed by atoms with Gasteiger partial charge in [0.15, 0.2) is 11.6 Å². The number of rotatable bonds is 6. The predicted molar refractivity (Wildman–Crippen MR) is 159 cm³/mol. The molecule has 1 saturated heterocycles. The molecule has 1 N–H and O–H groups in total. The molecule has 212 valence electrons. The number of methoxy groups -OCH3 is 1. The van der Waals surface area contributed by atoms with Crippen LogP contribution in [0.3, 0.4) is 0 Å². The molecule has 9 heteroatoms. The Hall–Kier alpha value is -5.57. The Labute approximate surface area is 246 Å². The lowest BCUT2D eigenvalue weighted by Crippen LogP contribution is -2.49. The van der Waals surface area contributed by atoms with Crippen LogP contribution in [0.1, 0.15) is 43.4 Å². The maximum atomic E-state index is 14.8. The molecule has 7 rings (SSSR count). The number of Topliss-reactive ketones (excluding diaryl/α,β-unsaturated/α-hetero) is 2. The number of nitro groups is 1. The summed E-state index contributed by atoms with van der Waals surface area (Å²) >= 11 is 0. The molecule has 4 unspecified atom stereocenters. The van der Waals surface area contributed by atoms with Gasteiger partial charge < -0.3 is 15.0 Å². The van der Waals surface area contributed by atoms with E-state index < -0.39 is 39.9 Å². The Kier molecular flexibility index (Phi) is 5.98. The van der Waals surface area contributed by atoms with Crippen molar-refractivity contribution in [1.29, 1.82) is 0 Å². The summed E-state index contributed by atoms with van der Waals surface area (Å²) in [5.41, 5.74) is 1.56. The molecule has 0 bridgehead atoms. The van der Waals surface area contributed by atoms with Crippen molar-refractivity contribution in [1.82, 2.24) is 4.90 Å². The fourth-order valence-electron chi connectivity index (χ4n) is 7.05. The van der Waals surface area contributed by atoms with Gasteiger partial charge in [0.2, 0.25) is 5.91 Å². The summed E-state index contributed by atoms with van der Waals surface area (Å²) in [7, 11) is 1.53. The average molecular weight is 572 g/mol. The van der Waals surface area contributed by atoms with E-state index in [-0.39, 0.29) is 17.2 Å². The van der Waals surface area contributed by atoms with Crippen molar-refractivity contribution >= 4 is 34.9 Å². The second-order valence-corrected chi connectivity index (χ2v) is 10.9. The number of benzene rings is 4. The normalized spacial score (nSPS) is 22.9. The number of hydrogen-bond acceptors (Lipinski definition) is 7. The number of hydrogen-bond donors (Lipinski definition) is 1. The summed E-state index contributed by atoms with van der Waals surface area (Å²) in [6.45, 7) is 0. The highest BCUT2D eigenvalue weighted by Gasteiger charge is 2.70. The van der Waals surface area contributed by atoms with Crippen LogP contribution >= 0.6 is 0 Å². The number of fused-ring (bicyclic) bond motifs is 6. The van der Waals surface area contributed by atoms with Crippen molar-refractivity contribution in [2.75, 3.05) is 12.4 Å². The number of nitro benzene ring substituents is 1. The molecule has 1 spiro atoms. The van der Waals surface area contributed by atoms with Crippen LogP contribution in [-0.4, -0.2) is 40.4 Å². The number of anilines is 1. The second-order valence-electron chi connectivity index (χ2n) is 10.9. The summed E-state index contributed by atoms with van der Waals surface area (Å²) in [6, 6.07) is 25.1. The van der Waals surface area contributed by atoms with Crippen LogP contribution in [0.15, 0.2) is 103 Å². The van der Waals surface area contributed by atoms with Gasteiger partial charge in [-0.1, -0.05) is 54.6 Å². The van der Waals surface area contributed by atoms with Gasteiger partial charge in [-0.3, -0.25) is 24.5 Å². The first-order valence-corrected chi connectivity index (χ1v) is 13.8. The zero-order valence-corrected chi connectivity index (χ0v) is 23.0. The van der Waals surface area contributed by atoms with E-state index in [1.165, 1.54) is 31.4 Å². The minimum atomic E-state index is -1.49. The minimum absolute atomic E-state index is 0.0847. The average Bonchev–Trinajstić information content (AvgIpc) is 3.52. The monoisotopic (exact) mass is 571 g/mol.